The van der Waals surface area contributed by atoms with E-state index in [-0.39, 0.29) is 6.54 Å². The van der Waals surface area contributed by atoms with Crippen molar-refractivity contribution in [2.75, 3.05) is 6.54 Å². The van der Waals surface area contributed by atoms with Gasteiger partial charge in [-0.15, -0.1) is 0 Å². The molecule has 1 N–H and O–H groups in total. The minimum Gasteiger partial charge on any atom is -0.302 e. The van der Waals surface area contributed by atoms with Gasteiger partial charge in [0.1, 0.15) is 6.29 Å². The van der Waals surface area contributed by atoms with E-state index in [2.05, 4.69) is 4.72 Å². The van der Waals surface area contributed by atoms with Crippen LogP contribution in [-0.2, 0) is 14.8 Å². The Morgan fingerprint density at radius 3 is 2.47 bits per heavy atom. The monoisotopic (exact) mass is 225 g/mol. The van der Waals surface area contributed by atoms with Crippen LogP contribution < -0.4 is 4.72 Å². The molecular formula is C10H11NO3S. The van der Waals surface area contributed by atoms with Crippen molar-refractivity contribution in [2.45, 2.75) is 0 Å². The Bertz CT molecular complexity index is 437. The molecule has 1 rings (SSSR count). The molecule has 0 aromatic heterocycles. The van der Waals surface area contributed by atoms with Gasteiger partial charge in [-0.1, -0.05) is 30.3 Å². The van der Waals surface area contributed by atoms with E-state index in [9.17, 15) is 13.2 Å². The SMILES string of the molecule is O=CCNS(=O)(=O)/C=C/c1ccccc1. The lowest BCUT2D eigenvalue weighted by atomic mass is 10.2. The molecule has 0 amide bonds. The lowest BCUT2D eigenvalue weighted by Gasteiger charge is -1.96. The highest BCUT2D eigenvalue weighted by Crippen LogP contribution is 2.02. The van der Waals surface area contributed by atoms with Crippen molar-refractivity contribution in [1.82, 2.24) is 4.72 Å². The minimum atomic E-state index is -3.50. The first-order valence-corrected chi connectivity index (χ1v) is 5.85. The summed E-state index contributed by atoms with van der Waals surface area (Å²) >= 11 is 0. The van der Waals surface area contributed by atoms with E-state index in [1.165, 1.54) is 6.08 Å². The predicted octanol–water partition coefficient (Wildman–Crippen LogP) is 0.776. The highest BCUT2D eigenvalue weighted by molar-refractivity contribution is 7.92. The molecule has 1 aromatic carbocycles. The van der Waals surface area contributed by atoms with Crippen LogP contribution in [0.25, 0.3) is 6.08 Å². The number of aldehydes is 1. The van der Waals surface area contributed by atoms with E-state index in [0.717, 1.165) is 11.0 Å². The van der Waals surface area contributed by atoms with Crippen LogP contribution in [0.4, 0.5) is 0 Å². The van der Waals surface area contributed by atoms with Crippen molar-refractivity contribution in [2.24, 2.45) is 0 Å². The van der Waals surface area contributed by atoms with Crippen LogP contribution in [0.1, 0.15) is 5.56 Å². The van der Waals surface area contributed by atoms with E-state index in [1.54, 1.807) is 12.1 Å². The first-order chi connectivity index (χ1) is 7.14. The summed E-state index contributed by atoms with van der Waals surface area (Å²) in [4.78, 5) is 9.97. The first-order valence-electron chi connectivity index (χ1n) is 4.30. The van der Waals surface area contributed by atoms with Gasteiger partial charge >= 0.3 is 0 Å². The van der Waals surface area contributed by atoms with Gasteiger partial charge in [0, 0.05) is 5.41 Å². The Morgan fingerprint density at radius 2 is 1.87 bits per heavy atom. The largest absolute Gasteiger partial charge is 0.302 e. The van der Waals surface area contributed by atoms with Crippen LogP contribution in [0.15, 0.2) is 35.7 Å². The first kappa shape index (κ1) is 11.6. The summed E-state index contributed by atoms with van der Waals surface area (Å²) in [5.41, 5.74) is 0.786. The number of rotatable bonds is 5. The van der Waals surface area contributed by atoms with Crippen LogP contribution >= 0.6 is 0 Å². The second-order valence-electron chi connectivity index (χ2n) is 2.77. The molecule has 0 radical (unpaired) electrons. The highest BCUT2D eigenvalue weighted by atomic mass is 32.2. The van der Waals surface area contributed by atoms with Crippen molar-refractivity contribution in [1.29, 1.82) is 0 Å². The fourth-order valence-corrected chi connectivity index (χ4v) is 1.66. The summed E-state index contributed by atoms with van der Waals surface area (Å²) in [5, 5.41) is 1.03. The van der Waals surface area contributed by atoms with Crippen molar-refractivity contribution in [3.63, 3.8) is 0 Å². The topological polar surface area (TPSA) is 63.2 Å². The molecule has 80 valence electrons. The van der Waals surface area contributed by atoms with Crippen molar-refractivity contribution in [3.8, 4) is 0 Å². The average molecular weight is 225 g/mol. The molecule has 0 aliphatic carbocycles. The van der Waals surface area contributed by atoms with Crippen LogP contribution in [0.3, 0.4) is 0 Å². The van der Waals surface area contributed by atoms with Crippen LogP contribution in [0.2, 0.25) is 0 Å². The Labute approximate surface area is 88.7 Å². The Hall–Kier alpha value is -1.46. The van der Waals surface area contributed by atoms with E-state index in [1.807, 2.05) is 18.2 Å². The maximum atomic E-state index is 11.2. The third-order valence-electron chi connectivity index (χ3n) is 1.61. The van der Waals surface area contributed by atoms with Gasteiger partial charge in [-0.3, -0.25) is 0 Å². The van der Waals surface area contributed by atoms with E-state index < -0.39 is 10.0 Å². The standard InChI is InChI=1S/C10H11NO3S/c12-8-7-11-15(13,14)9-6-10-4-2-1-3-5-10/h1-6,8-9,11H,7H2/b9-6+. The zero-order valence-corrected chi connectivity index (χ0v) is 8.78. The molecule has 0 fully saturated rings. The number of hydrogen-bond donors (Lipinski definition) is 1. The Balaban J connectivity index is 2.69. The summed E-state index contributed by atoms with van der Waals surface area (Å²) in [6, 6.07) is 9.03. The molecule has 0 spiro atoms. The fourth-order valence-electron chi connectivity index (χ4n) is 0.931. The van der Waals surface area contributed by atoms with Gasteiger partial charge in [-0.25, -0.2) is 13.1 Å². The van der Waals surface area contributed by atoms with Crippen molar-refractivity contribution in [3.05, 3.63) is 41.3 Å². The van der Waals surface area contributed by atoms with Crippen molar-refractivity contribution >= 4 is 22.4 Å². The normalized spacial score (nSPS) is 11.7. The highest BCUT2D eigenvalue weighted by Gasteiger charge is 2.02. The third-order valence-corrected chi connectivity index (χ3v) is 2.67. The van der Waals surface area contributed by atoms with Crippen LogP contribution in [0, 0.1) is 0 Å². The van der Waals surface area contributed by atoms with E-state index in [4.69, 9.17) is 0 Å². The maximum absolute atomic E-state index is 11.2. The zero-order valence-electron chi connectivity index (χ0n) is 7.96. The lowest BCUT2D eigenvalue weighted by Crippen LogP contribution is -2.22. The number of benzene rings is 1. The summed E-state index contributed by atoms with van der Waals surface area (Å²) < 4.78 is 24.5. The quantitative estimate of drug-likeness (QED) is 0.753. The molecule has 0 aliphatic heterocycles. The van der Waals surface area contributed by atoms with E-state index in [0.29, 0.717) is 6.29 Å². The molecule has 0 aliphatic rings. The van der Waals surface area contributed by atoms with Crippen LogP contribution in [0.5, 0.6) is 0 Å². The van der Waals surface area contributed by atoms with E-state index >= 15 is 0 Å². The zero-order chi connectivity index (χ0) is 11.1. The molecule has 0 bridgehead atoms. The molecule has 15 heavy (non-hydrogen) atoms. The maximum Gasteiger partial charge on any atom is 0.234 e. The van der Waals surface area contributed by atoms with Gasteiger partial charge in [0.15, 0.2) is 0 Å². The summed E-state index contributed by atoms with van der Waals surface area (Å²) in [6.07, 6.45) is 1.96. The van der Waals surface area contributed by atoms with Gasteiger partial charge in [-0.05, 0) is 11.6 Å². The second-order valence-corrected chi connectivity index (χ2v) is 4.42. The predicted molar refractivity (Wildman–Crippen MR) is 58.5 cm³/mol. The number of nitrogens with one attached hydrogen (secondary N) is 1. The summed E-state index contributed by atoms with van der Waals surface area (Å²) in [6.45, 7) is -0.207. The fraction of sp³-hybridized carbons (Fsp3) is 0.100. The number of carbonyl (C=O) groups excluding carboxylic acids is 1. The van der Waals surface area contributed by atoms with Gasteiger partial charge in [0.05, 0.1) is 6.54 Å². The molecular weight excluding hydrogens is 214 g/mol. The minimum absolute atomic E-state index is 0.207. The third kappa shape index (κ3) is 4.53. The molecule has 0 saturated carbocycles. The summed E-state index contributed by atoms with van der Waals surface area (Å²) in [7, 11) is -3.50. The molecule has 0 atom stereocenters. The average Bonchev–Trinajstić information content (AvgIpc) is 2.25. The molecule has 0 unspecified atom stereocenters. The smallest absolute Gasteiger partial charge is 0.234 e. The van der Waals surface area contributed by atoms with Crippen molar-refractivity contribution < 1.29 is 13.2 Å². The molecule has 0 saturated heterocycles. The Morgan fingerprint density at radius 1 is 1.20 bits per heavy atom. The summed E-state index contributed by atoms with van der Waals surface area (Å²) in [5.74, 6) is 0. The van der Waals surface area contributed by atoms with Crippen LogP contribution in [-0.4, -0.2) is 21.2 Å². The number of sulfonamides is 1. The molecule has 4 nitrogen and oxygen atoms in total. The van der Waals surface area contributed by atoms with Gasteiger partial charge in [0.2, 0.25) is 10.0 Å². The van der Waals surface area contributed by atoms with Gasteiger partial charge in [-0.2, -0.15) is 0 Å². The Kier molecular flexibility index (Phi) is 4.20. The number of hydrogen-bond acceptors (Lipinski definition) is 3. The van der Waals surface area contributed by atoms with Gasteiger partial charge in [0.25, 0.3) is 0 Å². The lowest BCUT2D eigenvalue weighted by molar-refractivity contribution is -0.106. The molecule has 0 heterocycles. The number of carbonyl (C=O) groups is 1. The molecule has 5 heteroatoms. The molecule has 1 aromatic rings. The second kappa shape index (κ2) is 5.43. The van der Waals surface area contributed by atoms with Gasteiger partial charge < -0.3 is 4.79 Å².